The summed E-state index contributed by atoms with van der Waals surface area (Å²) < 4.78 is 0. The maximum absolute atomic E-state index is 11.2. The number of primary amides is 1. The van der Waals surface area contributed by atoms with Crippen LogP contribution in [-0.4, -0.2) is 49.0 Å². The highest BCUT2D eigenvalue weighted by atomic mass is 16.1. The molecule has 1 amide bonds. The van der Waals surface area contributed by atoms with Gasteiger partial charge in [0, 0.05) is 37.1 Å². The minimum absolute atomic E-state index is 0.407. The van der Waals surface area contributed by atoms with Crippen molar-refractivity contribution in [2.75, 3.05) is 38.1 Å². The summed E-state index contributed by atoms with van der Waals surface area (Å²) in [6.07, 6.45) is 0. The molecule has 0 atom stereocenters. The zero-order valence-corrected chi connectivity index (χ0v) is 11.5. The van der Waals surface area contributed by atoms with E-state index in [1.54, 1.807) is 12.1 Å². The van der Waals surface area contributed by atoms with Crippen LogP contribution in [0.1, 0.15) is 10.4 Å². The van der Waals surface area contributed by atoms with E-state index in [1.165, 1.54) is 0 Å². The Morgan fingerprint density at radius 1 is 1.15 bits per heavy atom. The van der Waals surface area contributed by atoms with Crippen molar-refractivity contribution >= 4 is 22.6 Å². The predicted octanol–water partition coefficient (Wildman–Crippen LogP) is 1.09. The molecule has 0 unspecified atom stereocenters. The normalized spacial score (nSPS) is 16.6. The molecule has 3 rings (SSSR count). The number of likely N-dealkylation sites (N-methyl/N-ethyl adjacent to an activating group) is 1. The molecule has 0 aliphatic carbocycles. The Morgan fingerprint density at radius 2 is 1.90 bits per heavy atom. The summed E-state index contributed by atoms with van der Waals surface area (Å²) in [5, 5.41) is 0.944. The smallest absolute Gasteiger partial charge is 0.248 e. The van der Waals surface area contributed by atoms with E-state index in [-0.39, 0.29) is 0 Å². The molecule has 1 aliphatic heterocycles. The monoisotopic (exact) mass is 270 g/mol. The molecule has 1 aromatic carbocycles. The number of amides is 1. The number of carbonyl (C=O) groups is 1. The molecule has 20 heavy (non-hydrogen) atoms. The fourth-order valence-corrected chi connectivity index (χ4v) is 2.48. The minimum Gasteiger partial charge on any atom is -0.366 e. The molecular weight excluding hydrogens is 252 g/mol. The van der Waals surface area contributed by atoms with Crippen molar-refractivity contribution in [2.24, 2.45) is 5.73 Å². The second-order valence-electron chi connectivity index (χ2n) is 5.23. The molecule has 1 fully saturated rings. The van der Waals surface area contributed by atoms with Gasteiger partial charge in [-0.05, 0) is 37.4 Å². The summed E-state index contributed by atoms with van der Waals surface area (Å²) in [6.45, 7) is 4.10. The number of carbonyl (C=O) groups excluding carboxylic acids is 1. The topological polar surface area (TPSA) is 62.5 Å². The van der Waals surface area contributed by atoms with Crippen molar-refractivity contribution < 1.29 is 4.79 Å². The van der Waals surface area contributed by atoms with Gasteiger partial charge < -0.3 is 15.5 Å². The molecule has 2 heterocycles. The Hall–Kier alpha value is -2.14. The van der Waals surface area contributed by atoms with Crippen LogP contribution in [0.2, 0.25) is 0 Å². The summed E-state index contributed by atoms with van der Waals surface area (Å²) in [4.78, 5) is 20.5. The molecule has 2 N–H and O–H groups in total. The van der Waals surface area contributed by atoms with E-state index in [0.717, 1.165) is 42.9 Å². The van der Waals surface area contributed by atoms with Gasteiger partial charge >= 0.3 is 0 Å². The highest BCUT2D eigenvalue weighted by molar-refractivity contribution is 5.97. The molecule has 0 radical (unpaired) electrons. The van der Waals surface area contributed by atoms with Gasteiger partial charge in [0.25, 0.3) is 0 Å². The number of rotatable bonds is 2. The van der Waals surface area contributed by atoms with E-state index < -0.39 is 5.91 Å². The van der Waals surface area contributed by atoms with Gasteiger partial charge in [-0.15, -0.1) is 0 Å². The first-order valence-electron chi connectivity index (χ1n) is 6.77. The molecule has 1 aromatic heterocycles. The summed E-state index contributed by atoms with van der Waals surface area (Å²) in [5.41, 5.74) is 6.71. The lowest BCUT2D eigenvalue weighted by atomic mass is 10.1. The van der Waals surface area contributed by atoms with E-state index in [4.69, 9.17) is 5.73 Å². The SMILES string of the molecule is CN1CCN(c2ccc3cc(C(N)=O)ccc3n2)CC1. The first kappa shape index (κ1) is 12.9. The first-order chi connectivity index (χ1) is 9.63. The number of pyridine rings is 1. The highest BCUT2D eigenvalue weighted by Gasteiger charge is 2.15. The lowest BCUT2D eigenvalue weighted by Gasteiger charge is -2.33. The van der Waals surface area contributed by atoms with Crippen molar-refractivity contribution in [1.29, 1.82) is 0 Å². The second-order valence-corrected chi connectivity index (χ2v) is 5.23. The molecule has 0 spiro atoms. The van der Waals surface area contributed by atoms with Gasteiger partial charge in [0.15, 0.2) is 0 Å². The van der Waals surface area contributed by atoms with Crippen LogP contribution in [0.4, 0.5) is 5.82 Å². The summed E-state index contributed by atoms with van der Waals surface area (Å²) in [6, 6.07) is 9.39. The van der Waals surface area contributed by atoms with Crippen LogP contribution >= 0.6 is 0 Å². The molecule has 0 bridgehead atoms. The van der Waals surface area contributed by atoms with E-state index >= 15 is 0 Å². The fourth-order valence-electron chi connectivity index (χ4n) is 2.48. The highest BCUT2D eigenvalue weighted by Crippen LogP contribution is 2.20. The first-order valence-corrected chi connectivity index (χ1v) is 6.77. The average molecular weight is 270 g/mol. The van der Waals surface area contributed by atoms with Crippen LogP contribution in [0.15, 0.2) is 30.3 Å². The summed E-state index contributed by atoms with van der Waals surface area (Å²) in [7, 11) is 2.14. The maximum Gasteiger partial charge on any atom is 0.248 e. The summed E-state index contributed by atoms with van der Waals surface area (Å²) in [5.74, 6) is 0.590. The van der Waals surface area contributed by atoms with Crippen molar-refractivity contribution in [3.8, 4) is 0 Å². The van der Waals surface area contributed by atoms with Gasteiger partial charge in [-0.2, -0.15) is 0 Å². The van der Waals surface area contributed by atoms with Gasteiger partial charge in [0.05, 0.1) is 5.52 Å². The largest absolute Gasteiger partial charge is 0.366 e. The lowest BCUT2D eigenvalue weighted by Crippen LogP contribution is -2.44. The van der Waals surface area contributed by atoms with Gasteiger partial charge in [0.2, 0.25) is 5.91 Å². The van der Waals surface area contributed by atoms with Crippen LogP contribution in [0.5, 0.6) is 0 Å². The quantitative estimate of drug-likeness (QED) is 0.887. The number of hydrogen-bond donors (Lipinski definition) is 1. The molecule has 5 heteroatoms. The predicted molar refractivity (Wildman–Crippen MR) is 80.0 cm³/mol. The van der Waals surface area contributed by atoms with Crippen LogP contribution in [0.3, 0.4) is 0 Å². The third-order valence-corrected chi connectivity index (χ3v) is 3.79. The van der Waals surface area contributed by atoms with Crippen LogP contribution in [0, 0.1) is 0 Å². The molecule has 1 aliphatic rings. The molecule has 104 valence electrons. The van der Waals surface area contributed by atoms with E-state index in [9.17, 15) is 4.79 Å². The number of benzene rings is 1. The standard InChI is InChI=1S/C15H18N4O/c1-18-6-8-19(9-7-18)14-5-3-11-10-12(15(16)20)2-4-13(11)17-14/h2-5,10H,6-9H2,1H3,(H2,16,20). The van der Waals surface area contributed by atoms with E-state index in [0.29, 0.717) is 5.56 Å². The molecule has 1 saturated heterocycles. The van der Waals surface area contributed by atoms with Gasteiger partial charge in [0.1, 0.15) is 5.82 Å². The molecule has 2 aromatic rings. The second kappa shape index (κ2) is 5.09. The number of aromatic nitrogens is 1. The van der Waals surface area contributed by atoms with Gasteiger partial charge in [-0.3, -0.25) is 4.79 Å². The Labute approximate surface area is 118 Å². The Morgan fingerprint density at radius 3 is 2.60 bits per heavy atom. The van der Waals surface area contributed by atoms with Gasteiger partial charge in [-0.25, -0.2) is 4.98 Å². The van der Waals surface area contributed by atoms with E-state index in [1.807, 2.05) is 18.2 Å². The number of piperazine rings is 1. The summed E-state index contributed by atoms with van der Waals surface area (Å²) >= 11 is 0. The Balaban J connectivity index is 1.91. The lowest BCUT2D eigenvalue weighted by molar-refractivity contribution is 0.100. The average Bonchev–Trinajstić information content (AvgIpc) is 2.47. The van der Waals surface area contributed by atoms with Gasteiger partial charge in [-0.1, -0.05) is 0 Å². The number of fused-ring (bicyclic) bond motifs is 1. The van der Waals surface area contributed by atoms with Crippen molar-refractivity contribution in [3.63, 3.8) is 0 Å². The number of nitrogens with zero attached hydrogens (tertiary/aromatic N) is 3. The minimum atomic E-state index is -0.407. The van der Waals surface area contributed by atoms with E-state index in [2.05, 4.69) is 21.8 Å². The van der Waals surface area contributed by atoms with Crippen molar-refractivity contribution in [2.45, 2.75) is 0 Å². The van der Waals surface area contributed by atoms with Crippen molar-refractivity contribution in [1.82, 2.24) is 9.88 Å². The van der Waals surface area contributed by atoms with Crippen LogP contribution in [-0.2, 0) is 0 Å². The van der Waals surface area contributed by atoms with Crippen LogP contribution < -0.4 is 10.6 Å². The third kappa shape index (κ3) is 2.44. The van der Waals surface area contributed by atoms with Crippen molar-refractivity contribution in [3.05, 3.63) is 35.9 Å². The fraction of sp³-hybridized carbons (Fsp3) is 0.333. The molecular formula is C15H18N4O. The maximum atomic E-state index is 11.2. The molecule has 0 saturated carbocycles. The number of anilines is 1. The third-order valence-electron chi connectivity index (χ3n) is 3.79. The Kier molecular flexibility index (Phi) is 3.28. The number of nitrogens with two attached hydrogens (primary N) is 1. The zero-order valence-electron chi connectivity index (χ0n) is 11.5. The Bertz CT molecular complexity index is 647. The van der Waals surface area contributed by atoms with Crippen LogP contribution in [0.25, 0.3) is 10.9 Å². The zero-order chi connectivity index (χ0) is 14.1. The molecule has 5 nitrogen and oxygen atoms in total. The number of hydrogen-bond acceptors (Lipinski definition) is 4.